The van der Waals surface area contributed by atoms with E-state index >= 15 is 0 Å². The van der Waals surface area contributed by atoms with Crippen LogP contribution in [0.5, 0.6) is 0 Å². The molecule has 1 aromatic rings. The zero-order valence-electron chi connectivity index (χ0n) is 11.8. The molecule has 3 nitrogen and oxygen atoms in total. The molecule has 1 amide bonds. The van der Waals surface area contributed by atoms with Crippen LogP contribution in [0, 0.1) is 5.92 Å². The lowest BCUT2D eigenvalue weighted by Gasteiger charge is -2.38. The minimum atomic E-state index is -2.65. The fourth-order valence-electron chi connectivity index (χ4n) is 3.00. The van der Waals surface area contributed by atoms with Gasteiger partial charge in [0.15, 0.2) is 0 Å². The van der Waals surface area contributed by atoms with Crippen molar-refractivity contribution in [1.29, 1.82) is 0 Å². The van der Waals surface area contributed by atoms with Gasteiger partial charge in [0.05, 0.1) is 5.54 Å². The van der Waals surface area contributed by atoms with Crippen LogP contribution < -0.4 is 5.32 Å². The summed E-state index contributed by atoms with van der Waals surface area (Å²) in [5.41, 5.74) is 0.532. The van der Waals surface area contributed by atoms with Crippen molar-refractivity contribution < 1.29 is 18.3 Å². The number of amides is 1. The fourth-order valence-corrected chi connectivity index (χ4v) is 3.00. The predicted octanol–water partition coefficient (Wildman–Crippen LogP) is 2.85. The molecule has 21 heavy (non-hydrogen) atoms. The van der Waals surface area contributed by atoms with Gasteiger partial charge in [-0.2, -0.15) is 0 Å². The van der Waals surface area contributed by atoms with Crippen LogP contribution in [0.1, 0.15) is 31.2 Å². The number of benzene rings is 1. The molecular weight excluding hydrogens is 276 g/mol. The summed E-state index contributed by atoms with van der Waals surface area (Å²) in [4.78, 5) is 12.1. The first-order chi connectivity index (χ1) is 10.0. The third kappa shape index (κ3) is 3.07. The van der Waals surface area contributed by atoms with Gasteiger partial charge in [0.1, 0.15) is 0 Å². The monoisotopic (exact) mass is 295 g/mol. The van der Waals surface area contributed by atoms with Crippen LogP contribution in [-0.4, -0.2) is 25.0 Å². The van der Waals surface area contributed by atoms with Gasteiger partial charge in [-0.25, -0.2) is 8.78 Å². The third-order valence-corrected chi connectivity index (χ3v) is 4.44. The average molecular weight is 295 g/mol. The Hall–Kier alpha value is -1.49. The van der Waals surface area contributed by atoms with E-state index in [9.17, 15) is 13.6 Å². The Morgan fingerprint density at radius 3 is 2.43 bits per heavy atom. The summed E-state index contributed by atoms with van der Waals surface area (Å²) in [6.07, 6.45) is 1.08. The first-order valence-electron chi connectivity index (χ1n) is 7.34. The summed E-state index contributed by atoms with van der Waals surface area (Å²) in [7, 11) is 0. The van der Waals surface area contributed by atoms with Crippen molar-refractivity contribution in [1.82, 2.24) is 5.32 Å². The maximum Gasteiger partial charge on any atom is 0.252 e. The number of rotatable bonds is 4. The maximum absolute atomic E-state index is 13.0. The summed E-state index contributed by atoms with van der Waals surface area (Å²) in [6.45, 7) is 1.13. The van der Waals surface area contributed by atoms with E-state index < -0.39 is 17.4 Å². The highest BCUT2D eigenvalue weighted by Gasteiger charge is 2.57. The number of carbonyl (C=O) groups is 1. The zero-order chi connectivity index (χ0) is 14.9. The number of alkyl halides is 2. The number of ether oxygens (including phenoxy) is 1. The number of hydrogen-bond donors (Lipinski definition) is 1. The fraction of sp³-hybridized carbons (Fsp3) is 0.562. The zero-order valence-corrected chi connectivity index (χ0v) is 11.8. The maximum atomic E-state index is 13.0. The Kier molecular flexibility index (Phi) is 3.69. The molecule has 1 unspecified atom stereocenters. The summed E-state index contributed by atoms with van der Waals surface area (Å²) < 4.78 is 31.3. The normalized spacial score (nSPS) is 26.1. The number of nitrogens with one attached hydrogen (secondary N) is 1. The van der Waals surface area contributed by atoms with Gasteiger partial charge in [0.25, 0.3) is 5.92 Å². The number of halogens is 2. The van der Waals surface area contributed by atoms with Gasteiger partial charge < -0.3 is 10.1 Å². The Morgan fingerprint density at radius 2 is 1.86 bits per heavy atom. The highest BCUT2D eigenvalue weighted by atomic mass is 19.3. The largest absolute Gasteiger partial charge is 0.381 e. The molecule has 1 saturated carbocycles. The smallest absolute Gasteiger partial charge is 0.252 e. The van der Waals surface area contributed by atoms with E-state index in [2.05, 4.69) is 5.32 Å². The first kappa shape index (κ1) is 14.4. The molecule has 5 heteroatoms. The molecule has 3 rings (SSSR count). The predicted molar refractivity (Wildman–Crippen MR) is 74.0 cm³/mol. The molecule has 1 aromatic carbocycles. The van der Waals surface area contributed by atoms with Gasteiger partial charge in [0.2, 0.25) is 5.91 Å². The van der Waals surface area contributed by atoms with Crippen LogP contribution in [-0.2, 0) is 15.1 Å². The van der Waals surface area contributed by atoms with Crippen LogP contribution in [0.2, 0.25) is 0 Å². The molecular formula is C16H19F2NO2. The second-order valence-corrected chi connectivity index (χ2v) is 5.97. The van der Waals surface area contributed by atoms with Crippen LogP contribution >= 0.6 is 0 Å². The lowest BCUT2D eigenvalue weighted by molar-refractivity contribution is -0.125. The van der Waals surface area contributed by atoms with E-state index in [0.29, 0.717) is 26.1 Å². The molecule has 1 aliphatic carbocycles. The Morgan fingerprint density at radius 1 is 1.24 bits per heavy atom. The Bertz CT molecular complexity index is 512. The minimum Gasteiger partial charge on any atom is -0.381 e. The molecule has 0 spiro atoms. The van der Waals surface area contributed by atoms with E-state index in [0.717, 1.165) is 5.56 Å². The lowest BCUT2D eigenvalue weighted by Crippen LogP contribution is -2.49. The molecule has 2 aliphatic rings. The minimum absolute atomic E-state index is 0.0948. The van der Waals surface area contributed by atoms with Crippen molar-refractivity contribution in [3.8, 4) is 0 Å². The first-order valence-corrected chi connectivity index (χ1v) is 7.34. The molecule has 0 radical (unpaired) electrons. The molecule has 0 aromatic heterocycles. The SMILES string of the molecule is O=C(CC1CC1(F)F)NC1(c2ccccc2)CCOCC1. The summed E-state index contributed by atoms with van der Waals surface area (Å²) >= 11 is 0. The quantitative estimate of drug-likeness (QED) is 0.927. The molecule has 1 atom stereocenters. The Labute approximate surface area is 122 Å². The second-order valence-electron chi connectivity index (χ2n) is 5.97. The summed E-state index contributed by atoms with van der Waals surface area (Å²) in [6, 6.07) is 9.71. The van der Waals surface area contributed by atoms with Gasteiger partial charge in [-0.15, -0.1) is 0 Å². The van der Waals surface area contributed by atoms with Gasteiger partial charge in [-0.05, 0) is 18.4 Å². The second kappa shape index (κ2) is 5.37. The van der Waals surface area contributed by atoms with Crippen molar-refractivity contribution in [2.24, 2.45) is 5.92 Å². The van der Waals surface area contributed by atoms with E-state index in [1.165, 1.54) is 0 Å². The van der Waals surface area contributed by atoms with Crippen LogP contribution in [0.4, 0.5) is 8.78 Å². The van der Waals surface area contributed by atoms with Gasteiger partial charge >= 0.3 is 0 Å². The molecule has 1 saturated heterocycles. The van der Waals surface area contributed by atoms with Crippen molar-refractivity contribution in [2.45, 2.75) is 37.1 Å². The molecule has 2 fully saturated rings. The molecule has 1 N–H and O–H groups in total. The molecule has 0 bridgehead atoms. The molecule has 1 aliphatic heterocycles. The van der Waals surface area contributed by atoms with Gasteiger partial charge in [-0.3, -0.25) is 4.79 Å². The topological polar surface area (TPSA) is 38.3 Å². The van der Waals surface area contributed by atoms with Crippen molar-refractivity contribution in [2.75, 3.05) is 13.2 Å². The summed E-state index contributed by atoms with van der Waals surface area (Å²) in [5, 5.41) is 3.01. The van der Waals surface area contributed by atoms with Crippen molar-refractivity contribution in [3.05, 3.63) is 35.9 Å². The van der Waals surface area contributed by atoms with E-state index in [1.807, 2.05) is 30.3 Å². The third-order valence-electron chi connectivity index (χ3n) is 4.44. The number of hydrogen-bond acceptors (Lipinski definition) is 2. The van der Waals surface area contributed by atoms with Crippen LogP contribution in [0.25, 0.3) is 0 Å². The lowest BCUT2D eigenvalue weighted by atomic mass is 9.82. The van der Waals surface area contributed by atoms with Gasteiger partial charge in [-0.1, -0.05) is 30.3 Å². The highest BCUT2D eigenvalue weighted by molar-refractivity contribution is 5.78. The van der Waals surface area contributed by atoms with Gasteiger partial charge in [0, 0.05) is 32.0 Å². The van der Waals surface area contributed by atoms with Crippen molar-refractivity contribution in [3.63, 3.8) is 0 Å². The standard InChI is InChI=1S/C16H19F2NO2/c17-16(18)11-13(16)10-14(20)19-15(6-8-21-9-7-15)12-4-2-1-3-5-12/h1-5,13H,6-11H2,(H,19,20). The van der Waals surface area contributed by atoms with E-state index in [1.54, 1.807) is 0 Å². The molecule has 1 heterocycles. The van der Waals surface area contributed by atoms with Crippen LogP contribution in [0.15, 0.2) is 30.3 Å². The van der Waals surface area contributed by atoms with Crippen LogP contribution in [0.3, 0.4) is 0 Å². The highest BCUT2D eigenvalue weighted by Crippen LogP contribution is 2.50. The Balaban J connectivity index is 1.72. The summed E-state index contributed by atoms with van der Waals surface area (Å²) in [5.74, 6) is -3.72. The molecule has 114 valence electrons. The number of carbonyl (C=O) groups excluding carboxylic acids is 1. The van der Waals surface area contributed by atoms with E-state index in [4.69, 9.17) is 4.74 Å². The van der Waals surface area contributed by atoms with Crippen molar-refractivity contribution >= 4 is 5.91 Å². The van der Waals surface area contributed by atoms with E-state index in [-0.39, 0.29) is 18.7 Å². The average Bonchev–Trinajstić information content (AvgIpc) is 3.07.